The number of carbonyl (C=O) groups excluding carboxylic acids is 2. The monoisotopic (exact) mass is 371 g/mol. The van der Waals surface area contributed by atoms with Gasteiger partial charge in [0, 0.05) is 22.5 Å². The maximum absolute atomic E-state index is 12.1. The summed E-state index contributed by atoms with van der Waals surface area (Å²) in [6, 6.07) is 15.1. The fraction of sp³-hybridized carbons (Fsp3) is 0.118. The minimum Gasteiger partial charge on any atom is -0.324 e. The van der Waals surface area contributed by atoms with Crippen LogP contribution in [-0.2, 0) is 9.59 Å². The van der Waals surface area contributed by atoms with Crippen LogP contribution in [0, 0.1) is 0 Å². The number of nitrogens with one attached hydrogen (secondary N) is 1. The topological polar surface area (TPSA) is 61.8 Å². The van der Waals surface area contributed by atoms with E-state index in [1.165, 1.54) is 11.9 Å². The van der Waals surface area contributed by atoms with Gasteiger partial charge in [-0.2, -0.15) is 5.10 Å². The van der Waals surface area contributed by atoms with Crippen LogP contribution in [0.2, 0.25) is 0 Å². The molecule has 0 aromatic heterocycles. The third kappa shape index (κ3) is 3.32. The fourth-order valence-corrected chi connectivity index (χ4v) is 2.71. The molecule has 0 aliphatic carbocycles. The van der Waals surface area contributed by atoms with Crippen molar-refractivity contribution in [1.29, 1.82) is 0 Å². The summed E-state index contributed by atoms with van der Waals surface area (Å²) in [5.74, 6) is -0.563. The molecule has 2 amide bonds. The molecule has 0 spiro atoms. The van der Waals surface area contributed by atoms with Gasteiger partial charge in [0.2, 0.25) is 11.8 Å². The molecule has 2 aromatic carbocycles. The van der Waals surface area contributed by atoms with Crippen LogP contribution in [0.4, 0.5) is 5.69 Å². The van der Waals surface area contributed by atoms with Gasteiger partial charge in [-0.25, -0.2) is 5.01 Å². The molecule has 3 rings (SSSR count). The largest absolute Gasteiger partial charge is 0.324 e. The van der Waals surface area contributed by atoms with Gasteiger partial charge in [0.1, 0.15) is 12.3 Å². The predicted molar refractivity (Wildman–Crippen MR) is 92.2 cm³/mol. The molecule has 6 heteroatoms. The van der Waals surface area contributed by atoms with Crippen LogP contribution in [-0.4, -0.2) is 29.1 Å². The molecule has 1 aliphatic heterocycles. The molecular formula is C17H14BrN3O2. The molecule has 1 aliphatic rings. The van der Waals surface area contributed by atoms with E-state index in [0.29, 0.717) is 11.4 Å². The summed E-state index contributed by atoms with van der Waals surface area (Å²) >= 11 is 3.45. The number of amides is 2. The van der Waals surface area contributed by atoms with Crippen LogP contribution in [0.3, 0.4) is 0 Å². The highest BCUT2D eigenvalue weighted by Gasteiger charge is 2.22. The van der Waals surface area contributed by atoms with E-state index in [4.69, 9.17) is 0 Å². The number of hydrogen-bond acceptors (Lipinski definition) is 3. The van der Waals surface area contributed by atoms with Crippen molar-refractivity contribution in [1.82, 2.24) is 5.01 Å². The Bertz CT molecular complexity index is 803. The van der Waals surface area contributed by atoms with Gasteiger partial charge >= 0.3 is 0 Å². The molecule has 0 saturated carbocycles. The molecule has 1 N–H and O–H groups in total. The van der Waals surface area contributed by atoms with Gasteiger partial charge in [-0.15, -0.1) is 0 Å². The lowest BCUT2D eigenvalue weighted by Gasteiger charge is -2.22. The molecule has 23 heavy (non-hydrogen) atoms. The summed E-state index contributed by atoms with van der Waals surface area (Å²) < 4.78 is 0.865. The van der Waals surface area contributed by atoms with Crippen molar-refractivity contribution in [2.75, 3.05) is 11.9 Å². The second-order valence-corrected chi connectivity index (χ2v) is 6.05. The molecule has 0 unspecified atom stereocenters. The average molecular weight is 372 g/mol. The Balaban J connectivity index is 2.24. The lowest BCUT2D eigenvalue weighted by Crippen LogP contribution is -2.36. The van der Waals surface area contributed by atoms with E-state index in [2.05, 4.69) is 26.3 Å². The summed E-state index contributed by atoms with van der Waals surface area (Å²) in [7, 11) is 0. The van der Waals surface area contributed by atoms with Gasteiger partial charge in [-0.05, 0) is 18.2 Å². The minimum absolute atomic E-state index is 0.110. The van der Waals surface area contributed by atoms with Gasteiger partial charge in [-0.3, -0.25) is 9.59 Å². The highest BCUT2D eigenvalue weighted by Crippen LogP contribution is 2.26. The third-order valence-corrected chi connectivity index (χ3v) is 3.93. The van der Waals surface area contributed by atoms with E-state index >= 15 is 0 Å². The van der Waals surface area contributed by atoms with Gasteiger partial charge < -0.3 is 5.32 Å². The lowest BCUT2D eigenvalue weighted by atomic mass is 10.0. The first-order valence-corrected chi connectivity index (χ1v) is 7.86. The Morgan fingerprint density at radius 3 is 2.65 bits per heavy atom. The number of carbonyl (C=O) groups is 2. The maximum Gasteiger partial charge on any atom is 0.246 e. The van der Waals surface area contributed by atoms with Gasteiger partial charge in [0.25, 0.3) is 0 Å². The molecule has 2 aromatic rings. The van der Waals surface area contributed by atoms with Gasteiger partial charge in [0.15, 0.2) is 0 Å². The average Bonchev–Trinajstić information content (AvgIpc) is 2.52. The summed E-state index contributed by atoms with van der Waals surface area (Å²) in [5.41, 5.74) is 2.93. The maximum atomic E-state index is 12.1. The first kappa shape index (κ1) is 15.4. The summed E-state index contributed by atoms with van der Waals surface area (Å²) in [5, 5.41) is 8.48. The number of nitrogens with zero attached hydrogens (tertiary/aromatic N) is 2. The number of rotatable bonds is 1. The van der Waals surface area contributed by atoms with E-state index in [0.717, 1.165) is 15.6 Å². The molecule has 5 nitrogen and oxygen atoms in total. The van der Waals surface area contributed by atoms with E-state index in [1.807, 2.05) is 48.5 Å². The van der Waals surface area contributed by atoms with E-state index in [-0.39, 0.29) is 18.4 Å². The number of benzene rings is 2. The van der Waals surface area contributed by atoms with E-state index < -0.39 is 0 Å². The van der Waals surface area contributed by atoms with Crippen molar-refractivity contribution in [3.63, 3.8) is 0 Å². The van der Waals surface area contributed by atoms with Crippen molar-refractivity contribution < 1.29 is 9.59 Å². The van der Waals surface area contributed by atoms with E-state index in [9.17, 15) is 9.59 Å². The standard InChI is InChI=1S/C17H14BrN3O2/c1-11(22)21-10-16(23)19-15-8-7-13(18)9-14(15)17(20-21)12-5-3-2-4-6-12/h2-9H,10H2,1H3,(H,19,23)/b20-17-. The number of anilines is 1. The molecule has 0 radical (unpaired) electrons. The minimum atomic E-state index is -0.285. The van der Waals surface area contributed by atoms with Crippen LogP contribution in [0.5, 0.6) is 0 Å². The Hall–Kier alpha value is -2.47. The van der Waals surface area contributed by atoms with Gasteiger partial charge in [-0.1, -0.05) is 46.3 Å². The Morgan fingerprint density at radius 2 is 1.96 bits per heavy atom. The zero-order chi connectivity index (χ0) is 16.4. The molecule has 1 heterocycles. The van der Waals surface area contributed by atoms with Crippen molar-refractivity contribution in [2.24, 2.45) is 5.10 Å². The second kappa shape index (κ2) is 6.34. The van der Waals surface area contributed by atoms with Crippen LogP contribution in [0.15, 0.2) is 58.1 Å². The molecule has 0 fully saturated rings. The summed E-state index contributed by atoms with van der Waals surface area (Å²) in [4.78, 5) is 23.9. The smallest absolute Gasteiger partial charge is 0.246 e. The highest BCUT2D eigenvalue weighted by atomic mass is 79.9. The Labute approximate surface area is 142 Å². The second-order valence-electron chi connectivity index (χ2n) is 5.13. The van der Waals surface area contributed by atoms with Crippen LogP contribution >= 0.6 is 15.9 Å². The SMILES string of the molecule is CC(=O)N1CC(=O)Nc2ccc(Br)cc2/C(c2ccccc2)=N\1. The number of hydrogen-bond donors (Lipinski definition) is 1. The van der Waals surface area contributed by atoms with Crippen molar-refractivity contribution >= 4 is 39.1 Å². The quantitative estimate of drug-likeness (QED) is 0.837. The number of hydrazone groups is 1. The van der Waals surface area contributed by atoms with Crippen LogP contribution in [0.1, 0.15) is 18.1 Å². The van der Waals surface area contributed by atoms with Crippen LogP contribution in [0.25, 0.3) is 0 Å². The number of halogens is 1. The lowest BCUT2D eigenvalue weighted by molar-refractivity contribution is -0.132. The molecule has 116 valence electrons. The molecular weight excluding hydrogens is 358 g/mol. The molecule has 0 saturated heterocycles. The third-order valence-electron chi connectivity index (χ3n) is 3.44. The summed E-state index contributed by atoms with van der Waals surface area (Å²) in [6.45, 7) is 1.28. The predicted octanol–water partition coefficient (Wildman–Crippen LogP) is 3.00. The normalized spacial score (nSPS) is 16.5. The van der Waals surface area contributed by atoms with Crippen molar-refractivity contribution in [2.45, 2.75) is 6.92 Å². The van der Waals surface area contributed by atoms with Crippen LogP contribution < -0.4 is 5.32 Å². The van der Waals surface area contributed by atoms with Crippen molar-refractivity contribution in [3.8, 4) is 0 Å². The fourth-order valence-electron chi connectivity index (χ4n) is 2.35. The Morgan fingerprint density at radius 1 is 1.22 bits per heavy atom. The zero-order valence-corrected chi connectivity index (χ0v) is 14.0. The highest BCUT2D eigenvalue weighted by molar-refractivity contribution is 9.10. The number of fused-ring (bicyclic) bond motifs is 1. The zero-order valence-electron chi connectivity index (χ0n) is 12.4. The first-order valence-electron chi connectivity index (χ1n) is 7.06. The molecule has 0 atom stereocenters. The summed E-state index contributed by atoms with van der Waals surface area (Å²) in [6.07, 6.45) is 0. The molecule has 0 bridgehead atoms. The first-order chi connectivity index (χ1) is 11.0. The Kier molecular flexibility index (Phi) is 4.25. The van der Waals surface area contributed by atoms with Crippen molar-refractivity contribution in [3.05, 3.63) is 64.1 Å². The van der Waals surface area contributed by atoms with E-state index in [1.54, 1.807) is 0 Å². The van der Waals surface area contributed by atoms with Gasteiger partial charge in [0.05, 0.1) is 5.69 Å².